The van der Waals surface area contributed by atoms with Crippen molar-refractivity contribution >= 4 is 0 Å². The fourth-order valence-corrected chi connectivity index (χ4v) is 1.49. The number of hydrogen-bond donors (Lipinski definition) is 1. The molecule has 0 aliphatic rings. The predicted octanol–water partition coefficient (Wildman–Crippen LogP) is 3.05. The standard InChI is InChI=1S/C11H13F4NO/c1-3-17-9-5-4-7(6-8(9)12)10(16-2)11(13,14)15/h4-6,10,16H,3H2,1-2H3. The van der Waals surface area contributed by atoms with E-state index in [1.165, 1.54) is 19.2 Å². The first-order valence-electron chi connectivity index (χ1n) is 5.06. The summed E-state index contributed by atoms with van der Waals surface area (Å²) in [5.41, 5.74) is -0.180. The number of alkyl halides is 3. The summed E-state index contributed by atoms with van der Waals surface area (Å²) in [4.78, 5) is 0. The van der Waals surface area contributed by atoms with Crippen LogP contribution in [0.3, 0.4) is 0 Å². The van der Waals surface area contributed by atoms with Crippen molar-refractivity contribution in [3.63, 3.8) is 0 Å². The molecule has 0 aliphatic carbocycles. The highest BCUT2D eigenvalue weighted by Gasteiger charge is 2.39. The first-order chi connectivity index (χ1) is 7.90. The molecule has 0 fully saturated rings. The third kappa shape index (κ3) is 3.33. The van der Waals surface area contributed by atoms with E-state index in [0.29, 0.717) is 0 Å². The van der Waals surface area contributed by atoms with E-state index in [2.05, 4.69) is 5.32 Å². The third-order valence-electron chi connectivity index (χ3n) is 2.21. The Morgan fingerprint density at radius 2 is 2.00 bits per heavy atom. The molecule has 0 saturated carbocycles. The highest BCUT2D eigenvalue weighted by Crippen LogP contribution is 2.33. The Morgan fingerprint density at radius 1 is 1.35 bits per heavy atom. The van der Waals surface area contributed by atoms with Crippen molar-refractivity contribution in [2.75, 3.05) is 13.7 Å². The minimum Gasteiger partial charge on any atom is -0.491 e. The molecule has 96 valence electrons. The lowest BCUT2D eigenvalue weighted by molar-refractivity contribution is -0.156. The average Bonchev–Trinajstić information content (AvgIpc) is 2.21. The summed E-state index contributed by atoms with van der Waals surface area (Å²) < 4.78 is 56.0. The first-order valence-corrected chi connectivity index (χ1v) is 5.06. The van der Waals surface area contributed by atoms with Gasteiger partial charge in [0.15, 0.2) is 11.6 Å². The Morgan fingerprint density at radius 3 is 2.41 bits per heavy atom. The van der Waals surface area contributed by atoms with Crippen molar-refractivity contribution in [3.8, 4) is 5.75 Å². The van der Waals surface area contributed by atoms with E-state index in [1.807, 2.05) is 0 Å². The molecule has 0 aliphatic heterocycles. The molecule has 0 bridgehead atoms. The van der Waals surface area contributed by atoms with Crippen molar-refractivity contribution < 1.29 is 22.3 Å². The number of rotatable bonds is 4. The van der Waals surface area contributed by atoms with Crippen LogP contribution in [0.25, 0.3) is 0 Å². The molecular formula is C11H13F4NO. The van der Waals surface area contributed by atoms with Crippen LogP contribution in [0.1, 0.15) is 18.5 Å². The summed E-state index contributed by atoms with van der Waals surface area (Å²) in [5, 5.41) is 2.10. The lowest BCUT2D eigenvalue weighted by atomic mass is 10.1. The highest BCUT2D eigenvalue weighted by atomic mass is 19.4. The van der Waals surface area contributed by atoms with Gasteiger partial charge >= 0.3 is 6.18 Å². The van der Waals surface area contributed by atoms with Crippen molar-refractivity contribution in [2.45, 2.75) is 19.1 Å². The average molecular weight is 251 g/mol. The van der Waals surface area contributed by atoms with Crippen LogP contribution in [0.5, 0.6) is 5.75 Å². The zero-order valence-electron chi connectivity index (χ0n) is 9.44. The fraction of sp³-hybridized carbons (Fsp3) is 0.455. The second-order valence-corrected chi connectivity index (χ2v) is 3.39. The SMILES string of the molecule is CCOc1ccc(C(NC)C(F)(F)F)cc1F. The summed E-state index contributed by atoms with van der Waals surface area (Å²) in [7, 11) is 1.17. The topological polar surface area (TPSA) is 21.3 Å². The maximum absolute atomic E-state index is 13.4. The summed E-state index contributed by atoms with van der Waals surface area (Å²) in [6.07, 6.45) is -4.46. The van der Waals surface area contributed by atoms with Gasteiger partial charge in [0.1, 0.15) is 6.04 Å². The molecule has 0 heterocycles. The van der Waals surface area contributed by atoms with Gasteiger partial charge in [-0.3, -0.25) is 0 Å². The largest absolute Gasteiger partial charge is 0.491 e. The molecular weight excluding hydrogens is 238 g/mol. The molecule has 0 radical (unpaired) electrons. The lowest BCUT2D eigenvalue weighted by Gasteiger charge is -2.20. The van der Waals surface area contributed by atoms with Crippen molar-refractivity contribution in [2.24, 2.45) is 0 Å². The van der Waals surface area contributed by atoms with E-state index in [1.54, 1.807) is 6.92 Å². The van der Waals surface area contributed by atoms with Crippen LogP contribution in [0.4, 0.5) is 17.6 Å². The monoisotopic (exact) mass is 251 g/mol. The van der Waals surface area contributed by atoms with Crippen molar-refractivity contribution in [3.05, 3.63) is 29.6 Å². The van der Waals surface area contributed by atoms with Gasteiger partial charge in [-0.1, -0.05) is 6.07 Å². The van der Waals surface area contributed by atoms with Crippen molar-refractivity contribution in [1.82, 2.24) is 5.32 Å². The van der Waals surface area contributed by atoms with Gasteiger partial charge in [0.2, 0.25) is 0 Å². The van der Waals surface area contributed by atoms with Gasteiger partial charge in [0, 0.05) is 0 Å². The molecule has 17 heavy (non-hydrogen) atoms. The van der Waals surface area contributed by atoms with E-state index in [0.717, 1.165) is 6.07 Å². The van der Waals surface area contributed by atoms with Gasteiger partial charge in [-0.15, -0.1) is 0 Å². The molecule has 1 N–H and O–H groups in total. The Kier molecular flexibility index (Phi) is 4.34. The minimum atomic E-state index is -4.46. The number of hydrogen-bond acceptors (Lipinski definition) is 2. The Balaban J connectivity index is 3.03. The van der Waals surface area contributed by atoms with Gasteiger partial charge < -0.3 is 10.1 Å². The van der Waals surface area contributed by atoms with E-state index < -0.39 is 18.0 Å². The zero-order valence-corrected chi connectivity index (χ0v) is 9.44. The van der Waals surface area contributed by atoms with Gasteiger partial charge in [-0.05, 0) is 31.7 Å². The Labute approximate surface area is 96.6 Å². The van der Waals surface area contributed by atoms with Gasteiger partial charge in [0.25, 0.3) is 0 Å². The molecule has 2 nitrogen and oxygen atoms in total. The maximum atomic E-state index is 13.4. The fourth-order valence-electron chi connectivity index (χ4n) is 1.49. The summed E-state index contributed by atoms with van der Waals surface area (Å²) in [6, 6.07) is 1.35. The van der Waals surface area contributed by atoms with Crippen LogP contribution in [-0.4, -0.2) is 19.8 Å². The normalized spacial score (nSPS) is 13.5. The Hall–Kier alpha value is -1.30. The Bertz CT molecular complexity index is 378. The van der Waals surface area contributed by atoms with Crippen molar-refractivity contribution in [1.29, 1.82) is 0 Å². The van der Waals surface area contributed by atoms with E-state index in [-0.39, 0.29) is 17.9 Å². The molecule has 1 aromatic rings. The number of benzene rings is 1. The summed E-state index contributed by atoms with van der Waals surface area (Å²) in [6.45, 7) is 1.92. The number of nitrogens with one attached hydrogen (secondary N) is 1. The third-order valence-corrected chi connectivity index (χ3v) is 2.21. The highest BCUT2D eigenvalue weighted by molar-refractivity contribution is 5.31. The molecule has 0 amide bonds. The van der Waals surface area contributed by atoms with Crippen LogP contribution in [-0.2, 0) is 0 Å². The second-order valence-electron chi connectivity index (χ2n) is 3.39. The quantitative estimate of drug-likeness (QED) is 0.830. The van der Waals surface area contributed by atoms with Gasteiger partial charge in [-0.2, -0.15) is 13.2 Å². The van der Waals surface area contributed by atoms with Gasteiger partial charge in [0.05, 0.1) is 6.61 Å². The smallest absolute Gasteiger partial charge is 0.407 e. The van der Waals surface area contributed by atoms with Crippen LogP contribution in [0.15, 0.2) is 18.2 Å². The first kappa shape index (κ1) is 13.8. The molecule has 1 rings (SSSR count). The summed E-state index contributed by atoms with van der Waals surface area (Å²) in [5.74, 6) is -0.845. The van der Waals surface area contributed by atoms with E-state index in [9.17, 15) is 17.6 Å². The van der Waals surface area contributed by atoms with Crippen LogP contribution < -0.4 is 10.1 Å². The van der Waals surface area contributed by atoms with E-state index >= 15 is 0 Å². The maximum Gasteiger partial charge on any atom is 0.407 e. The molecule has 0 aromatic heterocycles. The van der Waals surface area contributed by atoms with Crippen LogP contribution in [0, 0.1) is 5.82 Å². The molecule has 1 aromatic carbocycles. The number of ether oxygens (including phenoxy) is 1. The molecule has 1 atom stereocenters. The number of halogens is 4. The molecule has 6 heteroatoms. The summed E-state index contributed by atoms with van der Waals surface area (Å²) >= 11 is 0. The predicted molar refractivity (Wildman–Crippen MR) is 55.4 cm³/mol. The molecule has 1 unspecified atom stereocenters. The van der Waals surface area contributed by atoms with Crippen LogP contribution >= 0.6 is 0 Å². The van der Waals surface area contributed by atoms with Gasteiger partial charge in [-0.25, -0.2) is 4.39 Å². The lowest BCUT2D eigenvalue weighted by Crippen LogP contribution is -2.31. The van der Waals surface area contributed by atoms with Crippen LogP contribution in [0.2, 0.25) is 0 Å². The minimum absolute atomic E-state index is 0.0479. The van der Waals surface area contributed by atoms with E-state index in [4.69, 9.17) is 4.74 Å². The molecule has 0 saturated heterocycles. The molecule has 0 spiro atoms. The zero-order chi connectivity index (χ0) is 13.1. The second kappa shape index (κ2) is 5.35.